The van der Waals surface area contributed by atoms with E-state index in [1.165, 1.54) is 5.56 Å². The summed E-state index contributed by atoms with van der Waals surface area (Å²) < 4.78 is 10.6. The lowest BCUT2D eigenvalue weighted by Crippen LogP contribution is -2.24. The van der Waals surface area contributed by atoms with Gasteiger partial charge in [0.25, 0.3) is 0 Å². The molecule has 0 aliphatic carbocycles. The standard InChI is InChI=1S/C17H28O2S/c1-16(2,3)12-17(4,5)13-7-8-14(15(20)11-13)19-10-9-18-6/h7-8,11,20H,9-10,12H2,1-6H3. The molecule has 3 heteroatoms. The number of ether oxygens (including phenoxy) is 2. The second-order valence-corrected chi connectivity index (χ2v) is 7.63. The first kappa shape index (κ1) is 17.4. The van der Waals surface area contributed by atoms with Crippen LogP contribution in [-0.4, -0.2) is 20.3 Å². The second kappa shape index (κ2) is 6.86. The van der Waals surface area contributed by atoms with Crippen LogP contribution in [0.4, 0.5) is 0 Å². The molecule has 0 amide bonds. The van der Waals surface area contributed by atoms with Gasteiger partial charge < -0.3 is 9.47 Å². The Morgan fingerprint density at radius 3 is 2.20 bits per heavy atom. The van der Waals surface area contributed by atoms with Crippen molar-refractivity contribution in [2.75, 3.05) is 20.3 Å². The molecule has 0 saturated carbocycles. The first-order valence-corrected chi connectivity index (χ1v) is 7.56. The molecule has 0 N–H and O–H groups in total. The maximum Gasteiger partial charge on any atom is 0.132 e. The van der Waals surface area contributed by atoms with Crippen LogP contribution in [0.5, 0.6) is 5.75 Å². The fraction of sp³-hybridized carbons (Fsp3) is 0.647. The van der Waals surface area contributed by atoms with Crippen molar-refractivity contribution in [1.82, 2.24) is 0 Å². The number of thiol groups is 1. The van der Waals surface area contributed by atoms with Crippen LogP contribution in [-0.2, 0) is 10.2 Å². The molecular formula is C17H28O2S. The van der Waals surface area contributed by atoms with Gasteiger partial charge in [0.1, 0.15) is 12.4 Å². The molecule has 1 rings (SSSR count). The predicted octanol–water partition coefficient (Wildman–Crippen LogP) is 4.71. The molecule has 0 aliphatic heterocycles. The van der Waals surface area contributed by atoms with Crippen LogP contribution in [0.2, 0.25) is 0 Å². The summed E-state index contributed by atoms with van der Waals surface area (Å²) in [6.45, 7) is 12.5. The molecule has 114 valence electrons. The Bertz CT molecular complexity index is 433. The van der Waals surface area contributed by atoms with Crippen LogP contribution in [0.1, 0.15) is 46.6 Å². The van der Waals surface area contributed by atoms with Gasteiger partial charge in [-0.25, -0.2) is 0 Å². The normalized spacial score (nSPS) is 12.6. The Hall–Kier alpha value is -0.670. The number of hydrogen-bond acceptors (Lipinski definition) is 3. The summed E-state index contributed by atoms with van der Waals surface area (Å²) in [5.41, 5.74) is 1.73. The minimum Gasteiger partial charge on any atom is -0.490 e. The van der Waals surface area contributed by atoms with E-state index in [-0.39, 0.29) is 5.41 Å². The van der Waals surface area contributed by atoms with Gasteiger partial charge in [0.15, 0.2) is 0 Å². The molecule has 0 spiro atoms. The molecule has 20 heavy (non-hydrogen) atoms. The molecule has 1 aromatic rings. The fourth-order valence-electron chi connectivity index (χ4n) is 2.72. The number of benzene rings is 1. The van der Waals surface area contributed by atoms with Crippen LogP contribution >= 0.6 is 12.6 Å². The van der Waals surface area contributed by atoms with E-state index in [4.69, 9.17) is 9.47 Å². The lowest BCUT2D eigenvalue weighted by Gasteiger charge is -2.33. The van der Waals surface area contributed by atoms with E-state index in [1.54, 1.807) is 7.11 Å². The Labute approximate surface area is 129 Å². The molecule has 0 bridgehead atoms. The van der Waals surface area contributed by atoms with Crippen LogP contribution in [0.25, 0.3) is 0 Å². The third-order valence-corrected chi connectivity index (χ3v) is 3.61. The zero-order valence-corrected chi connectivity index (χ0v) is 14.5. The van der Waals surface area contributed by atoms with Crippen molar-refractivity contribution in [1.29, 1.82) is 0 Å². The zero-order chi connectivity index (χ0) is 15.4. The monoisotopic (exact) mass is 296 g/mol. The van der Waals surface area contributed by atoms with Crippen molar-refractivity contribution in [3.63, 3.8) is 0 Å². The number of methoxy groups -OCH3 is 1. The van der Waals surface area contributed by atoms with E-state index >= 15 is 0 Å². The van der Waals surface area contributed by atoms with E-state index in [9.17, 15) is 0 Å². The minimum absolute atomic E-state index is 0.126. The third-order valence-electron chi connectivity index (χ3n) is 3.26. The van der Waals surface area contributed by atoms with Crippen molar-refractivity contribution >= 4 is 12.6 Å². The average Bonchev–Trinajstić information content (AvgIpc) is 2.28. The van der Waals surface area contributed by atoms with Gasteiger partial charge in [0.05, 0.1) is 6.61 Å². The van der Waals surface area contributed by atoms with Crippen molar-refractivity contribution in [3.8, 4) is 5.75 Å². The molecule has 0 aromatic heterocycles. The SMILES string of the molecule is COCCOc1ccc(C(C)(C)CC(C)(C)C)cc1S. The summed E-state index contributed by atoms with van der Waals surface area (Å²) >= 11 is 4.55. The molecule has 0 radical (unpaired) electrons. The van der Waals surface area contributed by atoms with Gasteiger partial charge in [0, 0.05) is 12.0 Å². The molecule has 0 saturated heterocycles. The Kier molecular flexibility index (Phi) is 5.96. The molecule has 0 unspecified atom stereocenters. The second-order valence-electron chi connectivity index (χ2n) is 7.15. The van der Waals surface area contributed by atoms with E-state index < -0.39 is 0 Å². The summed E-state index contributed by atoms with van der Waals surface area (Å²) in [6.07, 6.45) is 1.12. The van der Waals surface area contributed by atoms with E-state index in [2.05, 4.69) is 59.4 Å². The topological polar surface area (TPSA) is 18.5 Å². The summed E-state index contributed by atoms with van der Waals surface area (Å²) in [7, 11) is 1.67. The van der Waals surface area contributed by atoms with Crippen molar-refractivity contribution in [3.05, 3.63) is 23.8 Å². The fourth-order valence-corrected chi connectivity index (χ4v) is 3.00. The average molecular weight is 296 g/mol. The van der Waals surface area contributed by atoms with E-state index in [0.717, 1.165) is 17.1 Å². The highest BCUT2D eigenvalue weighted by Gasteiger charge is 2.27. The summed E-state index contributed by atoms with van der Waals surface area (Å²) in [4.78, 5) is 0.889. The maximum atomic E-state index is 5.64. The molecule has 0 fully saturated rings. The number of hydrogen-bond donors (Lipinski definition) is 1. The van der Waals surface area contributed by atoms with Crippen molar-refractivity contribution in [2.45, 2.75) is 51.3 Å². The molecular weight excluding hydrogens is 268 g/mol. The van der Waals surface area contributed by atoms with Crippen LogP contribution in [0.3, 0.4) is 0 Å². The zero-order valence-electron chi connectivity index (χ0n) is 13.6. The molecule has 0 heterocycles. The largest absolute Gasteiger partial charge is 0.490 e. The Morgan fingerprint density at radius 2 is 1.70 bits per heavy atom. The first-order valence-electron chi connectivity index (χ1n) is 7.11. The molecule has 0 atom stereocenters. The smallest absolute Gasteiger partial charge is 0.132 e. The van der Waals surface area contributed by atoms with Crippen LogP contribution in [0.15, 0.2) is 23.1 Å². The van der Waals surface area contributed by atoms with Gasteiger partial charge in [0.2, 0.25) is 0 Å². The minimum atomic E-state index is 0.126. The van der Waals surface area contributed by atoms with Gasteiger partial charge in [-0.2, -0.15) is 0 Å². The Balaban J connectivity index is 2.85. The summed E-state index contributed by atoms with van der Waals surface area (Å²) in [5.74, 6) is 0.820. The molecule has 2 nitrogen and oxygen atoms in total. The summed E-state index contributed by atoms with van der Waals surface area (Å²) in [5, 5.41) is 0. The first-order chi connectivity index (χ1) is 9.15. The highest BCUT2D eigenvalue weighted by molar-refractivity contribution is 7.80. The van der Waals surface area contributed by atoms with Gasteiger partial charge in [-0.3, -0.25) is 0 Å². The molecule has 0 aliphatic rings. The lowest BCUT2D eigenvalue weighted by atomic mass is 9.72. The van der Waals surface area contributed by atoms with E-state index in [0.29, 0.717) is 18.6 Å². The van der Waals surface area contributed by atoms with Crippen molar-refractivity contribution in [2.24, 2.45) is 5.41 Å². The van der Waals surface area contributed by atoms with Gasteiger partial charge >= 0.3 is 0 Å². The van der Waals surface area contributed by atoms with Crippen molar-refractivity contribution < 1.29 is 9.47 Å². The van der Waals surface area contributed by atoms with Crippen LogP contribution < -0.4 is 4.74 Å². The maximum absolute atomic E-state index is 5.64. The van der Waals surface area contributed by atoms with Gasteiger partial charge in [-0.1, -0.05) is 40.7 Å². The highest BCUT2D eigenvalue weighted by atomic mass is 32.1. The lowest BCUT2D eigenvalue weighted by molar-refractivity contribution is 0.145. The van der Waals surface area contributed by atoms with E-state index in [1.807, 2.05) is 6.07 Å². The van der Waals surface area contributed by atoms with Gasteiger partial charge in [-0.05, 0) is 34.9 Å². The highest BCUT2D eigenvalue weighted by Crippen LogP contribution is 2.38. The Morgan fingerprint density at radius 1 is 1.05 bits per heavy atom. The predicted molar refractivity (Wildman–Crippen MR) is 88.2 cm³/mol. The molecule has 1 aromatic carbocycles. The van der Waals surface area contributed by atoms with Gasteiger partial charge in [-0.15, -0.1) is 12.6 Å². The quantitative estimate of drug-likeness (QED) is 0.605. The summed E-state index contributed by atoms with van der Waals surface area (Å²) in [6, 6.07) is 6.28. The van der Waals surface area contributed by atoms with Crippen LogP contribution in [0, 0.1) is 5.41 Å². The number of rotatable bonds is 6. The third kappa shape index (κ3) is 5.37.